The van der Waals surface area contributed by atoms with Crippen LogP contribution in [0.2, 0.25) is 0 Å². The summed E-state index contributed by atoms with van der Waals surface area (Å²) in [4.78, 5) is 14.1. The molecule has 0 bridgehead atoms. The lowest BCUT2D eigenvalue weighted by atomic mass is 10.2. The molecule has 1 unspecified atom stereocenters. The fourth-order valence-electron chi connectivity index (χ4n) is 3.56. The quantitative estimate of drug-likeness (QED) is 0.439. The number of nitrogens with zero attached hydrogens (tertiary/aromatic N) is 4. The largest absolute Gasteiger partial charge is 0.376 e. The van der Waals surface area contributed by atoms with Crippen molar-refractivity contribution in [3.63, 3.8) is 0 Å². The van der Waals surface area contributed by atoms with Crippen LogP contribution in [-0.2, 0) is 17.9 Å². The number of ether oxygens (including phenoxy) is 1. The first-order chi connectivity index (χ1) is 15.6. The third-order valence-electron chi connectivity index (χ3n) is 5.53. The second-order valence-electron chi connectivity index (χ2n) is 8.49. The molecule has 1 saturated heterocycles. The molecule has 174 valence electrons. The van der Waals surface area contributed by atoms with Gasteiger partial charge in [0.25, 0.3) is 0 Å². The van der Waals surface area contributed by atoms with Gasteiger partial charge >= 0.3 is 0 Å². The van der Waals surface area contributed by atoms with Crippen molar-refractivity contribution in [3.05, 3.63) is 59.8 Å². The predicted octanol–water partition coefficient (Wildman–Crippen LogP) is 2.74. The molecular weight excluding hydrogens is 400 g/mol. The smallest absolute Gasteiger partial charge is 0.191 e. The van der Waals surface area contributed by atoms with Gasteiger partial charge in [-0.05, 0) is 43.1 Å². The van der Waals surface area contributed by atoms with Crippen LogP contribution in [0.3, 0.4) is 0 Å². The number of hydrogen-bond acceptors (Lipinski definition) is 5. The van der Waals surface area contributed by atoms with E-state index in [0.29, 0.717) is 25.7 Å². The fourth-order valence-corrected chi connectivity index (χ4v) is 3.56. The lowest BCUT2D eigenvalue weighted by Crippen LogP contribution is -2.44. The van der Waals surface area contributed by atoms with Crippen molar-refractivity contribution >= 4 is 11.8 Å². The molecule has 0 saturated carbocycles. The predicted molar refractivity (Wildman–Crippen MR) is 132 cm³/mol. The molecule has 2 N–H and O–H groups in total. The van der Waals surface area contributed by atoms with Gasteiger partial charge in [0.05, 0.1) is 19.8 Å². The summed E-state index contributed by atoms with van der Waals surface area (Å²) >= 11 is 0. The maximum absolute atomic E-state index is 5.87. The van der Waals surface area contributed by atoms with E-state index in [1.54, 1.807) is 0 Å². The maximum atomic E-state index is 5.87. The number of nitrogens with one attached hydrogen (secondary N) is 2. The molecule has 32 heavy (non-hydrogen) atoms. The number of benzene rings is 1. The van der Waals surface area contributed by atoms with Crippen molar-refractivity contribution in [1.29, 1.82) is 0 Å². The monoisotopic (exact) mass is 438 g/mol. The van der Waals surface area contributed by atoms with E-state index in [2.05, 4.69) is 64.5 Å². The Morgan fingerprint density at radius 2 is 1.88 bits per heavy atom. The van der Waals surface area contributed by atoms with Crippen LogP contribution < -0.4 is 15.5 Å². The standard InChI is InChI=1S/C25H38N6O/c1-4-26-25(28-17-21(2)19-32-20-22-8-6-5-7-9-22)29-18-23-10-11-27-24(16-23)31-14-12-30(3)13-15-31/h5-11,16,21H,4,12-15,17-20H2,1-3H3,(H2,26,28,29). The minimum atomic E-state index is 0.382. The molecule has 0 aliphatic carbocycles. The highest BCUT2D eigenvalue weighted by Gasteiger charge is 2.15. The highest BCUT2D eigenvalue weighted by Crippen LogP contribution is 2.15. The van der Waals surface area contributed by atoms with Gasteiger partial charge in [-0.15, -0.1) is 0 Å². The third-order valence-corrected chi connectivity index (χ3v) is 5.53. The van der Waals surface area contributed by atoms with Gasteiger partial charge in [0.15, 0.2) is 5.96 Å². The first-order valence-corrected chi connectivity index (χ1v) is 11.7. The number of hydrogen-bond donors (Lipinski definition) is 2. The van der Waals surface area contributed by atoms with Gasteiger partial charge in [-0.25, -0.2) is 9.98 Å². The molecule has 1 fully saturated rings. The lowest BCUT2D eigenvalue weighted by Gasteiger charge is -2.33. The summed E-state index contributed by atoms with van der Waals surface area (Å²) in [7, 11) is 2.17. The van der Waals surface area contributed by atoms with Crippen molar-refractivity contribution < 1.29 is 4.74 Å². The highest BCUT2D eigenvalue weighted by atomic mass is 16.5. The Labute approximate surface area is 192 Å². The second-order valence-corrected chi connectivity index (χ2v) is 8.49. The summed E-state index contributed by atoms with van der Waals surface area (Å²) < 4.78 is 5.87. The fraction of sp³-hybridized carbons (Fsp3) is 0.520. The summed E-state index contributed by atoms with van der Waals surface area (Å²) in [6.07, 6.45) is 1.89. The lowest BCUT2D eigenvalue weighted by molar-refractivity contribution is 0.0931. The van der Waals surface area contributed by atoms with Crippen molar-refractivity contribution in [3.8, 4) is 0 Å². The summed E-state index contributed by atoms with van der Waals surface area (Å²) in [6.45, 7) is 12.1. The average Bonchev–Trinajstić information content (AvgIpc) is 2.82. The molecule has 7 heteroatoms. The molecule has 1 aromatic heterocycles. The van der Waals surface area contributed by atoms with Crippen LogP contribution in [0, 0.1) is 5.92 Å². The van der Waals surface area contributed by atoms with Crippen LogP contribution in [0.1, 0.15) is 25.0 Å². The molecule has 2 heterocycles. The SMILES string of the molecule is CCNC(=NCc1ccnc(N2CCN(C)CC2)c1)NCC(C)COCc1ccccc1. The molecule has 0 radical (unpaired) electrons. The van der Waals surface area contributed by atoms with Crippen molar-refractivity contribution in [2.24, 2.45) is 10.9 Å². The number of aromatic nitrogens is 1. The van der Waals surface area contributed by atoms with Crippen LogP contribution in [0.5, 0.6) is 0 Å². The van der Waals surface area contributed by atoms with E-state index in [1.165, 1.54) is 11.1 Å². The van der Waals surface area contributed by atoms with Crippen molar-refractivity contribution in [2.45, 2.75) is 27.0 Å². The Kier molecular flexibility index (Phi) is 9.78. The molecule has 1 aliphatic rings. The summed E-state index contributed by atoms with van der Waals surface area (Å²) in [5.41, 5.74) is 2.38. The Hall–Kier alpha value is -2.64. The molecular formula is C25H38N6O. The molecule has 3 rings (SSSR count). The molecule has 7 nitrogen and oxygen atoms in total. The number of pyridine rings is 1. The van der Waals surface area contributed by atoms with E-state index in [0.717, 1.165) is 51.0 Å². The minimum Gasteiger partial charge on any atom is -0.376 e. The first kappa shape index (κ1) is 24.0. The topological polar surface area (TPSA) is 65.0 Å². The van der Waals surface area contributed by atoms with E-state index in [-0.39, 0.29) is 0 Å². The van der Waals surface area contributed by atoms with E-state index in [4.69, 9.17) is 9.73 Å². The van der Waals surface area contributed by atoms with Crippen molar-refractivity contribution in [1.82, 2.24) is 20.5 Å². The van der Waals surface area contributed by atoms with Crippen LogP contribution in [0.15, 0.2) is 53.7 Å². The Bertz CT molecular complexity index is 820. The third kappa shape index (κ3) is 8.13. The van der Waals surface area contributed by atoms with Gasteiger partial charge in [-0.2, -0.15) is 0 Å². The molecule has 1 aromatic carbocycles. The Balaban J connectivity index is 1.46. The van der Waals surface area contributed by atoms with Crippen molar-refractivity contribution in [2.75, 3.05) is 57.8 Å². The van der Waals surface area contributed by atoms with Gasteiger partial charge in [0.1, 0.15) is 5.82 Å². The molecule has 2 aromatic rings. The molecule has 0 spiro atoms. The average molecular weight is 439 g/mol. The Morgan fingerprint density at radius 3 is 2.62 bits per heavy atom. The number of likely N-dealkylation sites (N-methyl/N-ethyl adjacent to an activating group) is 1. The number of piperazine rings is 1. The van der Waals surface area contributed by atoms with Gasteiger partial charge in [0.2, 0.25) is 0 Å². The number of rotatable bonds is 10. The zero-order chi connectivity index (χ0) is 22.6. The summed E-state index contributed by atoms with van der Waals surface area (Å²) in [5.74, 6) is 2.26. The van der Waals surface area contributed by atoms with E-state index in [9.17, 15) is 0 Å². The van der Waals surface area contributed by atoms with Gasteiger partial charge in [-0.3, -0.25) is 0 Å². The van der Waals surface area contributed by atoms with Crippen LogP contribution in [0.25, 0.3) is 0 Å². The zero-order valence-corrected chi connectivity index (χ0v) is 19.8. The maximum Gasteiger partial charge on any atom is 0.191 e. The number of anilines is 1. The molecule has 1 atom stereocenters. The second kappa shape index (κ2) is 13.0. The highest BCUT2D eigenvalue weighted by molar-refractivity contribution is 5.79. The Morgan fingerprint density at radius 1 is 1.09 bits per heavy atom. The number of aliphatic imine (C=N–C) groups is 1. The van der Waals surface area contributed by atoms with E-state index < -0.39 is 0 Å². The van der Waals surface area contributed by atoms with Crippen LogP contribution in [0.4, 0.5) is 5.82 Å². The summed E-state index contributed by atoms with van der Waals surface area (Å²) in [6, 6.07) is 14.5. The molecule has 0 amide bonds. The normalized spacial score (nSPS) is 16.1. The van der Waals surface area contributed by atoms with Crippen LogP contribution >= 0.6 is 0 Å². The molecule has 1 aliphatic heterocycles. The minimum absolute atomic E-state index is 0.382. The van der Waals surface area contributed by atoms with Crippen LogP contribution in [-0.4, -0.2) is 68.8 Å². The van der Waals surface area contributed by atoms with E-state index in [1.807, 2.05) is 30.5 Å². The first-order valence-electron chi connectivity index (χ1n) is 11.7. The number of guanidine groups is 1. The zero-order valence-electron chi connectivity index (χ0n) is 19.8. The van der Waals surface area contributed by atoms with Gasteiger partial charge in [-0.1, -0.05) is 37.3 Å². The summed E-state index contributed by atoms with van der Waals surface area (Å²) in [5, 5.41) is 6.79. The van der Waals surface area contributed by atoms with Gasteiger partial charge in [0, 0.05) is 45.5 Å². The van der Waals surface area contributed by atoms with E-state index >= 15 is 0 Å². The van der Waals surface area contributed by atoms with Gasteiger partial charge < -0.3 is 25.2 Å².